The SMILES string of the molecule is CCC1(C(=O)O)CCN(S(=O)(=O)c2cccc(C)c2)C1. The summed E-state index contributed by atoms with van der Waals surface area (Å²) in [6, 6.07) is 6.69. The molecule has 110 valence electrons. The Balaban J connectivity index is 2.32. The number of rotatable bonds is 4. The summed E-state index contributed by atoms with van der Waals surface area (Å²) >= 11 is 0. The Bertz CT molecular complexity index is 626. The van der Waals surface area contributed by atoms with Gasteiger partial charge in [0.1, 0.15) is 0 Å². The molecular weight excluding hydrogens is 278 g/mol. The molecule has 6 heteroatoms. The summed E-state index contributed by atoms with van der Waals surface area (Å²) in [6.45, 7) is 3.93. The van der Waals surface area contributed by atoms with Gasteiger partial charge in [0.25, 0.3) is 0 Å². The summed E-state index contributed by atoms with van der Waals surface area (Å²) in [5.74, 6) is -0.915. The highest BCUT2D eigenvalue weighted by molar-refractivity contribution is 7.89. The molecule has 0 radical (unpaired) electrons. The van der Waals surface area contributed by atoms with Gasteiger partial charge in [-0.3, -0.25) is 4.79 Å². The molecule has 1 fully saturated rings. The van der Waals surface area contributed by atoms with Crippen LogP contribution in [-0.4, -0.2) is 36.9 Å². The molecule has 1 aromatic rings. The average molecular weight is 297 g/mol. The summed E-state index contributed by atoms with van der Waals surface area (Å²) in [6.07, 6.45) is 0.798. The Hall–Kier alpha value is -1.40. The summed E-state index contributed by atoms with van der Waals surface area (Å²) in [4.78, 5) is 11.6. The number of aliphatic carboxylic acids is 1. The molecule has 1 aliphatic heterocycles. The van der Waals surface area contributed by atoms with E-state index >= 15 is 0 Å². The smallest absolute Gasteiger partial charge is 0.311 e. The molecule has 1 heterocycles. The quantitative estimate of drug-likeness (QED) is 0.920. The van der Waals surface area contributed by atoms with Gasteiger partial charge in [-0.05, 0) is 37.5 Å². The molecule has 0 bridgehead atoms. The third-order valence-corrected chi connectivity index (χ3v) is 5.92. The van der Waals surface area contributed by atoms with Crippen molar-refractivity contribution in [3.05, 3.63) is 29.8 Å². The molecule has 1 aliphatic rings. The fourth-order valence-corrected chi connectivity index (χ4v) is 4.21. The zero-order chi connectivity index (χ0) is 15.0. The van der Waals surface area contributed by atoms with Crippen molar-refractivity contribution in [1.82, 2.24) is 4.31 Å². The molecule has 1 saturated heterocycles. The highest BCUT2D eigenvalue weighted by Crippen LogP contribution is 2.36. The lowest BCUT2D eigenvalue weighted by atomic mass is 9.85. The lowest BCUT2D eigenvalue weighted by Gasteiger charge is -2.23. The molecule has 1 N–H and O–H groups in total. The lowest BCUT2D eigenvalue weighted by molar-refractivity contribution is -0.148. The molecular formula is C14H19NO4S. The number of hydrogen-bond acceptors (Lipinski definition) is 3. The van der Waals surface area contributed by atoms with E-state index in [4.69, 9.17) is 0 Å². The second-order valence-corrected chi connectivity index (χ2v) is 7.28. The van der Waals surface area contributed by atoms with Gasteiger partial charge in [0.2, 0.25) is 10.0 Å². The molecule has 0 spiro atoms. The van der Waals surface area contributed by atoms with Crippen molar-refractivity contribution >= 4 is 16.0 Å². The normalized spacial score (nSPS) is 23.9. The maximum absolute atomic E-state index is 12.5. The zero-order valence-electron chi connectivity index (χ0n) is 11.7. The summed E-state index contributed by atoms with van der Waals surface area (Å²) in [7, 11) is -3.61. The molecule has 1 aromatic carbocycles. The Morgan fingerprint density at radius 2 is 2.15 bits per heavy atom. The molecule has 0 aromatic heterocycles. The lowest BCUT2D eigenvalue weighted by Crippen LogP contribution is -2.36. The second kappa shape index (κ2) is 5.18. The number of hydrogen-bond donors (Lipinski definition) is 1. The molecule has 0 saturated carbocycles. The van der Waals surface area contributed by atoms with Crippen LogP contribution in [0.25, 0.3) is 0 Å². The molecule has 5 nitrogen and oxygen atoms in total. The monoisotopic (exact) mass is 297 g/mol. The predicted molar refractivity (Wildman–Crippen MR) is 74.9 cm³/mol. The van der Waals surface area contributed by atoms with E-state index in [-0.39, 0.29) is 18.0 Å². The van der Waals surface area contributed by atoms with Crippen molar-refractivity contribution in [2.75, 3.05) is 13.1 Å². The molecule has 0 amide bonds. The van der Waals surface area contributed by atoms with Gasteiger partial charge in [0.05, 0.1) is 10.3 Å². The molecule has 1 atom stereocenters. The first-order valence-corrected chi connectivity index (χ1v) is 8.06. The first-order valence-electron chi connectivity index (χ1n) is 6.62. The summed E-state index contributed by atoms with van der Waals surface area (Å²) in [5, 5.41) is 9.34. The number of aryl methyl sites for hydroxylation is 1. The largest absolute Gasteiger partial charge is 0.481 e. The van der Waals surface area contributed by atoms with E-state index in [9.17, 15) is 18.3 Å². The van der Waals surface area contributed by atoms with Gasteiger partial charge in [-0.1, -0.05) is 19.1 Å². The van der Waals surface area contributed by atoms with E-state index in [1.807, 2.05) is 13.0 Å². The Morgan fingerprint density at radius 1 is 1.45 bits per heavy atom. The van der Waals surface area contributed by atoms with Crippen molar-refractivity contribution in [3.8, 4) is 0 Å². The molecule has 2 rings (SSSR count). The number of carboxylic acid groups (broad SMARTS) is 1. The van der Waals surface area contributed by atoms with Crippen LogP contribution in [0.3, 0.4) is 0 Å². The minimum atomic E-state index is -3.61. The van der Waals surface area contributed by atoms with Gasteiger partial charge in [-0.25, -0.2) is 8.42 Å². The van der Waals surface area contributed by atoms with Gasteiger partial charge >= 0.3 is 5.97 Å². The van der Waals surface area contributed by atoms with E-state index < -0.39 is 21.4 Å². The van der Waals surface area contributed by atoms with Crippen molar-refractivity contribution in [2.45, 2.75) is 31.6 Å². The van der Waals surface area contributed by atoms with Crippen LogP contribution in [0.5, 0.6) is 0 Å². The Morgan fingerprint density at radius 3 is 2.65 bits per heavy atom. The average Bonchev–Trinajstić information content (AvgIpc) is 2.85. The second-order valence-electron chi connectivity index (χ2n) is 5.34. The van der Waals surface area contributed by atoms with Crippen LogP contribution in [-0.2, 0) is 14.8 Å². The number of nitrogens with zero attached hydrogens (tertiary/aromatic N) is 1. The third kappa shape index (κ3) is 2.45. The van der Waals surface area contributed by atoms with Crippen molar-refractivity contribution in [1.29, 1.82) is 0 Å². The number of carboxylic acids is 1. The van der Waals surface area contributed by atoms with Gasteiger partial charge in [-0.15, -0.1) is 0 Å². The Labute approximate surface area is 119 Å². The van der Waals surface area contributed by atoms with Crippen LogP contribution in [0.1, 0.15) is 25.3 Å². The fourth-order valence-electron chi connectivity index (χ4n) is 2.58. The van der Waals surface area contributed by atoms with Crippen LogP contribution >= 0.6 is 0 Å². The first-order chi connectivity index (χ1) is 9.32. The van der Waals surface area contributed by atoms with E-state index in [2.05, 4.69) is 0 Å². The first kappa shape index (κ1) is 15.0. The fraction of sp³-hybridized carbons (Fsp3) is 0.500. The van der Waals surface area contributed by atoms with Crippen molar-refractivity contribution in [2.24, 2.45) is 5.41 Å². The number of sulfonamides is 1. The zero-order valence-corrected chi connectivity index (χ0v) is 12.5. The highest BCUT2D eigenvalue weighted by Gasteiger charge is 2.47. The van der Waals surface area contributed by atoms with Gasteiger partial charge in [0, 0.05) is 13.1 Å². The minimum absolute atomic E-state index is 0.0507. The van der Waals surface area contributed by atoms with E-state index in [1.54, 1.807) is 25.1 Å². The number of carbonyl (C=O) groups is 1. The van der Waals surface area contributed by atoms with Crippen LogP contribution in [0, 0.1) is 12.3 Å². The number of benzene rings is 1. The standard InChI is InChI=1S/C14H19NO4S/c1-3-14(13(16)17)7-8-15(10-14)20(18,19)12-6-4-5-11(2)9-12/h4-6,9H,3,7-8,10H2,1-2H3,(H,16,17). The third-order valence-electron chi connectivity index (χ3n) is 4.08. The van der Waals surface area contributed by atoms with Crippen LogP contribution in [0.15, 0.2) is 29.2 Å². The summed E-state index contributed by atoms with van der Waals surface area (Å²) < 4.78 is 26.4. The van der Waals surface area contributed by atoms with Crippen LogP contribution < -0.4 is 0 Å². The van der Waals surface area contributed by atoms with Crippen LogP contribution in [0.2, 0.25) is 0 Å². The van der Waals surface area contributed by atoms with E-state index in [0.717, 1.165) is 5.56 Å². The maximum Gasteiger partial charge on any atom is 0.311 e. The van der Waals surface area contributed by atoms with Gasteiger partial charge in [-0.2, -0.15) is 4.31 Å². The van der Waals surface area contributed by atoms with Crippen molar-refractivity contribution in [3.63, 3.8) is 0 Å². The van der Waals surface area contributed by atoms with Gasteiger partial charge < -0.3 is 5.11 Å². The maximum atomic E-state index is 12.5. The van der Waals surface area contributed by atoms with E-state index in [0.29, 0.717) is 12.8 Å². The Kier molecular flexibility index (Phi) is 3.88. The summed E-state index contributed by atoms with van der Waals surface area (Å²) in [5.41, 5.74) is -0.0815. The molecule has 1 unspecified atom stereocenters. The predicted octanol–water partition coefficient (Wildman–Crippen LogP) is 1.87. The van der Waals surface area contributed by atoms with Crippen LogP contribution in [0.4, 0.5) is 0 Å². The molecule has 20 heavy (non-hydrogen) atoms. The molecule has 0 aliphatic carbocycles. The van der Waals surface area contributed by atoms with E-state index in [1.165, 1.54) is 4.31 Å². The van der Waals surface area contributed by atoms with Gasteiger partial charge in [0.15, 0.2) is 0 Å². The highest BCUT2D eigenvalue weighted by atomic mass is 32.2. The minimum Gasteiger partial charge on any atom is -0.481 e. The topological polar surface area (TPSA) is 74.7 Å². The van der Waals surface area contributed by atoms with Crippen molar-refractivity contribution < 1.29 is 18.3 Å².